The molecule has 3 rings (SSSR count). The fraction of sp³-hybridized carbons (Fsp3) is 0.556. The summed E-state index contributed by atoms with van der Waals surface area (Å²) in [4.78, 5) is 0. The highest BCUT2D eigenvalue weighted by molar-refractivity contribution is 5.82. The third-order valence-corrected chi connectivity index (χ3v) is 4.70. The zero-order chi connectivity index (χ0) is 14.1. The number of aryl methyl sites for hydroxylation is 1. The predicted octanol–water partition coefficient (Wildman–Crippen LogP) is 4.97. The van der Waals surface area contributed by atoms with Gasteiger partial charge in [0.1, 0.15) is 11.3 Å². The fourth-order valence-corrected chi connectivity index (χ4v) is 3.62. The molecule has 0 aliphatic heterocycles. The smallest absolute Gasteiger partial charge is 0.134 e. The first-order chi connectivity index (χ1) is 9.65. The minimum Gasteiger partial charge on any atom is -0.459 e. The summed E-state index contributed by atoms with van der Waals surface area (Å²) in [5, 5.41) is 5.02. The lowest BCUT2D eigenvalue weighted by atomic mass is 9.86. The molecule has 0 bridgehead atoms. The molecule has 20 heavy (non-hydrogen) atoms. The molecule has 0 radical (unpaired) electrons. The SMILES string of the molecule is Cc1c(C(C)NC2CCCC(C)C2)oc2ccccc12. The number of hydrogen-bond donors (Lipinski definition) is 1. The minimum atomic E-state index is 0.290. The number of hydrogen-bond acceptors (Lipinski definition) is 2. The van der Waals surface area contributed by atoms with E-state index in [-0.39, 0.29) is 6.04 Å². The Labute approximate surface area is 121 Å². The van der Waals surface area contributed by atoms with Crippen molar-refractivity contribution in [3.8, 4) is 0 Å². The van der Waals surface area contributed by atoms with Gasteiger partial charge in [-0.1, -0.05) is 38.0 Å². The Bertz CT molecular complexity index is 586. The largest absolute Gasteiger partial charge is 0.459 e. The van der Waals surface area contributed by atoms with Gasteiger partial charge in [0.05, 0.1) is 6.04 Å². The molecular weight excluding hydrogens is 246 g/mol. The summed E-state index contributed by atoms with van der Waals surface area (Å²) in [6.07, 6.45) is 5.33. The monoisotopic (exact) mass is 271 g/mol. The maximum Gasteiger partial charge on any atom is 0.134 e. The standard InChI is InChI=1S/C18H25NO/c1-12-7-6-8-15(11-12)19-14(3)18-13(2)16-9-4-5-10-17(16)20-18/h4-5,9-10,12,14-15,19H,6-8,11H2,1-3H3. The Balaban J connectivity index is 1.78. The van der Waals surface area contributed by atoms with Crippen LogP contribution in [0.4, 0.5) is 0 Å². The first-order valence-electron chi connectivity index (χ1n) is 7.89. The molecule has 0 amide bonds. The second-order valence-corrected chi connectivity index (χ2v) is 6.44. The number of fused-ring (bicyclic) bond motifs is 1. The van der Waals surface area contributed by atoms with Gasteiger partial charge in [-0.05, 0) is 44.2 Å². The predicted molar refractivity (Wildman–Crippen MR) is 83.9 cm³/mol. The van der Waals surface area contributed by atoms with Gasteiger partial charge in [-0.3, -0.25) is 0 Å². The Morgan fingerprint density at radius 2 is 2.05 bits per heavy atom. The van der Waals surface area contributed by atoms with E-state index in [1.54, 1.807) is 0 Å². The van der Waals surface area contributed by atoms with Crippen LogP contribution in [0.2, 0.25) is 0 Å². The molecule has 2 heteroatoms. The topological polar surface area (TPSA) is 25.2 Å². The Kier molecular flexibility index (Phi) is 3.84. The lowest BCUT2D eigenvalue weighted by molar-refractivity contribution is 0.275. The van der Waals surface area contributed by atoms with Crippen molar-refractivity contribution in [2.45, 2.75) is 58.5 Å². The molecule has 3 unspecified atom stereocenters. The van der Waals surface area contributed by atoms with Crippen LogP contribution in [-0.2, 0) is 0 Å². The van der Waals surface area contributed by atoms with E-state index < -0.39 is 0 Å². The highest BCUT2D eigenvalue weighted by Crippen LogP contribution is 2.31. The summed E-state index contributed by atoms with van der Waals surface area (Å²) < 4.78 is 6.07. The molecule has 1 aromatic carbocycles. The van der Waals surface area contributed by atoms with Crippen molar-refractivity contribution in [3.63, 3.8) is 0 Å². The number of para-hydroxylation sites is 1. The Hall–Kier alpha value is -1.28. The molecule has 1 heterocycles. The van der Waals surface area contributed by atoms with Gasteiger partial charge in [0.25, 0.3) is 0 Å². The van der Waals surface area contributed by atoms with Crippen molar-refractivity contribution >= 4 is 11.0 Å². The summed E-state index contributed by atoms with van der Waals surface area (Å²) in [5.41, 5.74) is 2.29. The molecule has 1 N–H and O–H groups in total. The summed E-state index contributed by atoms with van der Waals surface area (Å²) in [6.45, 7) is 6.76. The van der Waals surface area contributed by atoms with Gasteiger partial charge >= 0.3 is 0 Å². The van der Waals surface area contributed by atoms with Crippen LogP contribution in [0.1, 0.15) is 56.9 Å². The molecule has 2 nitrogen and oxygen atoms in total. The molecular formula is C18H25NO. The second-order valence-electron chi connectivity index (χ2n) is 6.44. The van der Waals surface area contributed by atoms with Crippen LogP contribution in [-0.4, -0.2) is 6.04 Å². The second kappa shape index (κ2) is 5.61. The van der Waals surface area contributed by atoms with Crippen molar-refractivity contribution in [3.05, 3.63) is 35.6 Å². The van der Waals surface area contributed by atoms with Gasteiger partial charge in [-0.2, -0.15) is 0 Å². The average Bonchev–Trinajstić information content (AvgIpc) is 2.77. The van der Waals surface area contributed by atoms with Crippen molar-refractivity contribution < 1.29 is 4.42 Å². The zero-order valence-electron chi connectivity index (χ0n) is 12.8. The summed E-state index contributed by atoms with van der Waals surface area (Å²) >= 11 is 0. The number of nitrogens with one attached hydrogen (secondary N) is 1. The van der Waals surface area contributed by atoms with E-state index in [9.17, 15) is 0 Å². The van der Waals surface area contributed by atoms with E-state index in [0.29, 0.717) is 6.04 Å². The molecule has 3 atom stereocenters. The number of furan rings is 1. The number of rotatable bonds is 3. The number of benzene rings is 1. The third kappa shape index (κ3) is 2.62. The molecule has 108 valence electrons. The third-order valence-electron chi connectivity index (χ3n) is 4.70. The van der Waals surface area contributed by atoms with Crippen LogP contribution in [0.5, 0.6) is 0 Å². The van der Waals surface area contributed by atoms with E-state index in [1.807, 2.05) is 6.07 Å². The van der Waals surface area contributed by atoms with Gasteiger partial charge in [-0.25, -0.2) is 0 Å². The van der Waals surface area contributed by atoms with Gasteiger partial charge in [0.15, 0.2) is 0 Å². The van der Waals surface area contributed by atoms with Crippen molar-refractivity contribution in [1.82, 2.24) is 5.32 Å². The van der Waals surface area contributed by atoms with Gasteiger partial charge in [0, 0.05) is 11.4 Å². The van der Waals surface area contributed by atoms with Crippen molar-refractivity contribution in [1.29, 1.82) is 0 Å². The highest BCUT2D eigenvalue weighted by Gasteiger charge is 2.23. The molecule has 1 saturated carbocycles. The van der Waals surface area contributed by atoms with Crippen LogP contribution >= 0.6 is 0 Å². The molecule has 0 saturated heterocycles. The van der Waals surface area contributed by atoms with E-state index >= 15 is 0 Å². The molecule has 0 spiro atoms. The van der Waals surface area contributed by atoms with Crippen LogP contribution in [0, 0.1) is 12.8 Å². The quantitative estimate of drug-likeness (QED) is 0.852. The first kappa shape index (κ1) is 13.7. The van der Waals surface area contributed by atoms with Crippen LogP contribution in [0.15, 0.2) is 28.7 Å². The Morgan fingerprint density at radius 3 is 2.80 bits per heavy atom. The maximum absolute atomic E-state index is 6.07. The molecule has 1 aliphatic carbocycles. The lowest BCUT2D eigenvalue weighted by Gasteiger charge is -2.29. The van der Waals surface area contributed by atoms with E-state index in [4.69, 9.17) is 4.42 Å². The summed E-state index contributed by atoms with van der Waals surface area (Å²) in [7, 11) is 0. The summed E-state index contributed by atoms with van der Waals surface area (Å²) in [6, 6.07) is 9.25. The molecule has 1 fully saturated rings. The van der Waals surface area contributed by atoms with Gasteiger partial charge < -0.3 is 9.73 Å². The van der Waals surface area contributed by atoms with E-state index in [2.05, 4.69) is 44.3 Å². The normalized spacial score (nSPS) is 24.9. The fourth-order valence-electron chi connectivity index (χ4n) is 3.62. The first-order valence-corrected chi connectivity index (χ1v) is 7.89. The van der Waals surface area contributed by atoms with Crippen LogP contribution in [0.3, 0.4) is 0 Å². The van der Waals surface area contributed by atoms with E-state index in [0.717, 1.165) is 17.3 Å². The van der Waals surface area contributed by atoms with E-state index in [1.165, 1.54) is 36.6 Å². The average molecular weight is 271 g/mol. The lowest BCUT2D eigenvalue weighted by Crippen LogP contribution is -2.35. The highest BCUT2D eigenvalue weighted by atomic mass is 16.3. The molecule has 1 aliphatic rings. The Morgan fingerprint density at radius 1 is 1.25 bits per heavy atom. The van der Waals surface area contributed by atoms with Crippen molar-refractivity contribution in [2.75, 3.05) is 0 Å². The molecule has 2 aromatic rings. The summed E-state index contributed by atoms with van der Waals surface area (Å²) in [5.74, 6) is 1.95. The maximum atomic E-state index is 6.07. The van der Waals surface area contributed by atoms with Crippen molar-refractivity contribution in [2.24, 2.45) is 5.92 Å². The minimum absolute atomic E-state index is 0.290. The van der Waals surface area contributed by atoms with Crippen LogP contribution < -0.4 is 5.32 Å². The van der Waals surface area contributed by atoms with Gasteiger partial charge in [0.2, 0.25) is 0 Å². The zero-order valence-corrected chi connectivity index (χ0v) is 12.8. The molecule has 1 aromatic heterocycles. The van der Waals surface area contributed by atoms with Crippen LogP contribution in [0.25, 0.3) is 11.0 Å². The van der Waals surface area contributed by atoms with Gasteiger partial charge in [-0.15, -0.1) is 0 Å².